The van der Waals surface area contributed by atoms with Crippen molar-refractivity contribution in [2.24, 2.45) is 0 Å². The first-order valence-electron chi connectivity index (χ1n) is 7.29. The van der Waals surface area contributed by atoms with Gasteiger partial charge in [0.25, 0.3) is 0 Å². The summed E-state index contributed by atoms with van der Waals surface area (Å²) in [6.07, 6.45) is 7.05. The lowest BCUT2D eigenvalue weighted by Gasteiger charge is -2.39. The molecular formula is C14H27N3O. The number of carbonyl (C=O) groups is 1. The number of hydrogen-bond acceptors (Lipinski definition) is 3. The van der Waals surface area contributed by atoms with E-state index in [1.165, 1.54) is 19.3 Å². The van der Waals surface area contributed by atoms with E-state index in [0.29, 0.717) is 18.0 Å². The fraction of sp³-hybridized carbons (Fsp3) is 0.929. The summed E-state index contributed by atoms with van der Waals surface area (Å²) in [6.45, 7) is 1.06. The van der Waals surface area contributed by atoms with Crippen molar-refractivity contribution in [2.75, 3.05) is 27.7 Å². The maximum atomic E-state index is 12.6. The van der Waals surface area contributed by atoms with Crippen LogP contribution in [0.25, 0.3) is 0 Å². The molecule has 0 unspecified atom stereocenters. The molecule has 0 aromatic rings. The van der Waals surface area contributed by atoms with Gasteiger partial charge in [-0.1, -0.05) is 12.8 Å². The van der Waals surface area contributed by atoms with Crippen LogP contribution in [-0.2, 0) is 4.79 Å². The van der Waals surface area contributed by atoms with E-state index in [0.717, 1.165) is 25.8 Å². The van der Waals surface area contributed by atoms with Gasteiger partial charge in [0.1, 0.15) is 0 Å². The number of amides is 1. The molecule has 18 heavy (non-hydrogen) atoms. The average Bonchev–Trinajstić information content (AvgIpc) is 2.83. The number of nitrogens with zero attached hydrogens (tertiary/aromatic N) is 2. The highest BCUT2D eigenvalue weighted by Gasteiger charge is 2.35. The Balaban J connectivity index is 2.00. The van der Waals surface area contributed by atoms with Crippen molar-refractivity contribution in [1.82, 2.24) is 15.1 Å². The molecule has 0 radical (unpaired) electrons. The van der Waals surface area contributed by atoms with Gasteiger partial charge in [-0.25, -0.2) is 0 Å². The number of nitrogens with one attached hydrogen (secondary N) is 1. The predicted octanol–water partition coefficient (Wildman–Crippen LogP) is 1.07. The van der Waals surface area contributed by atoms with Crippen molar-refractivity contribution in [3.8, 4) is 0 Å². The molecule has 2 fully saturated rings. The minimum atomic E-state index is 0.120. The Kier molecular flexibility index (Phi) is 4.62. The van der Waals surface area contributed by atoms with Crippen molar-refractivity contribution in [3.63, 3.8) is 0 Å². The van der Waals surface area contributed by atoms with Crippen LogP contribution in [0.1, 0.15) is 38.5 Å². The van der Waals surface area contributed by atoms with Gasteiger partial charge in [0.05, 0.1) is 6.04 Å². The second-order valence-electron chi connectivity index (χ2n) is 5.83. The van der Waals surface area contributed by atoms with Crippen LogP contribution < -0.4 is 5.32 Å². The normalized spacial score (nSPS) is 33.6. The molecule has 0 aromatic carbocycles. The Bertz CT molecular complexity index is 295. The van der Waals surface area contributed by atoms with Crippen LogP contribution in [0, 0.1) is 0 Å². The molecular weight excluding hydrogens is 226 g/mol. The molecule has 1 aliphatic heterocycles. The molecule has 1 saturated heterocycles. The second-order valence-corrected chi connectivity index (χ2v) is 5.83. The lowest BCUT2D eigenvalue weighted by Crippen LogP contribution is -2.54. The third-order valence-corrected chi connectivity index (χ3v) is 4.75. The standard InChI is InChI=1S/C14H27N3O/c1-15-11-7-4-5-8-12(11)17(3)14(18)13-9-6-10-16(13)2/h11-13,15H,4-10H2,1-3H3/t11-,12-,13+/m0/s1. The smallest absolute Gasteiger partial charge is 0.239 e. The molecule has 1 N–H and O–H groups in total. The van der Waals surface area contributed by atoms with Crippen LogP contribution in [0.2, 0.25) is 0 Å². The van der Waals surface area contributed by atoms with E-state index < -0.39 is 0 Å². The fourth-order valence-electron chi connectivity index (χ4n) is 3.53. The lowest BCUT2D eigenvalue weighted by molar-refractivity contribution is -0.137. The van der Waals surface area contributed by atoms with Gasteiger partial charge < -0.3 is 10.2 Å². The summed E-state index contributed by atoms with van der Waals surface area (Å²) in [5.41, 5.74) is 0. The van der Waals surface area contributed by atoms with E-state index in [2.05, 4.69) is 17.3 Å². The number of likely N-dealkylation sites (tertiary alicyclic amines) is 1. The minimum absolute atomic E-state index is 0.120. The average molecular weight is 253 g/mol. The molecule has 2 aliphatic rings. The molecule has 4 nitrogen and oxygen atoms in total. The topological polar surface area (TPSA) is 35.6 Å². The summed E-state index contributed by atoms with van der Waals surface area (Å²) >= 11 is 0. The molecule has 1 amide bonds. The molecule has 4 heteroatoms. The van der Waals surface area contributed by atoms with Gasteiger partial charge in [-0.15, -0.1) is 0 Å². The van der Waals surface area contributed by atoms with E-state index in [1.54, 1.807) is 0 Å². The van der Waals surface area contributed by atoms with Gasteiger partial charge in [-0.05, 0) is 46.3 Å². The first kappa shape index (κ1) is 13.8. The van der Waals surface area contributed by atoms with Gasteiger partial charge >= 0.3 is 0 Å². The zero-order valence-corrected chi connectivity index (χ0v) is 12.0. The molecule has 2 rings (SSSR count). The van der Waals surface area contributed by atoms with Crippen LogP contribution in [0.3, 0.4) is 0 Å². The second kappa shape index (κ2) is 6.02. The summed E-state index contributed by atoms with van der Waals surface area (Å²) in [6, 6.07) is 0.971. The molecule has 0 bridgehead atoms. The summed E-state index contributed by atoms with van der Waals surface area (Å²) < 4.78 is 0. The van der Waals surface area contributed by atoms with Gasteiger partial charge in [-0.2, -0.15) is 0 Å². The third kappa shape index (κ3) is 2.69. The van der Waals surface area contributed by atoms with Gasteiger partial charge in [-0.3, -0.25) is 9.69 Å². The summed E-state index contributed by atoms with van der Waals surface area (Å²) in [5.74, 6) is 0.321. The quantitative estimate of drug-likeness (QED) is 0.817. The van der Waals surface area contributed by atoms with Crippen LogP contribution in [0.5, 0.6) is 0 Å². The summed E-state index contributed by atoms with van der Waals surface area (Å²) in [4.78, 5) is 16.8. The van der Waals surface area contributed by atoms with Gasteiger partial charge in [0, 0.05) is 19.1 Å². The van der Waals surface area contributed by atoms with Gasteiger partial charge in [0.2, 0.25) is 5.91 Å². The SMILES string of the molecule is CN[C@H]1CCCC[C@@H]1N(C)C(=O)[C@H]1CCCN1C. The highest BCUT2D eigenvalue weighted by molar-refractivity contribution is 5.82. The van der Waals surface area contributed by atoms with E-state index in [-0.39, 0.29) is 6.04 Å². The Labute approximate surface area is 111 Å². The summed E-state index contributed by atoms with van der Waals surface area (Å²) in [5, 5.41) is 3.38. The molecule has 104 valence electrons. The van der Waals surface area contributed by atoms with E-state index >= 15 is 0 Å². The molecule has 0 aromatic heterocycles. The van der Waals surface area contributed by atoms with Crippen molar-refractivity contribution in [3.05, 3.63) is 0 Å². The zero-order valence-electron chi connectivity index (χ0n) is 12.0. The summed E-state index contributed by atoms with van der Waals surface area (Å²) in [7, 11) is 6.08. The highest BCUT2D eigenvalue weighted by atomic mass is 16.2. The zero-order chi connectivity index (χ0) is 13.1. The number of carbonyl (C=O) groups excluding carboxylic acids is 1. The van der Waals surface area contributed by atoms with Crippen LogP contribution >= 0.6 is 0 Å². The van der Waals surface area contributed by atoms with Crippen LogP contribution in [-0.4, -0.2) is 61.5 Å². The Hall–Kier alpha value is -0.610. The number of rotatable bonds is 3. The Morgan fingerprint density at radius 1 is 1.22 bits per heavy atom. The van der Waals surface area contributed by atoms with Crippen LogP contribution in [0.15, 0.2) is 0 Å². The van der Waals surface area contributed by atoms with Crippen molar-refractivity contribution in [2.45, 2.75) is 56.7 Å². The van der Waals surface area contributed by atoms with Crippen LogP contribution in [0.4, 0.5) is 0 Å². The number of likely N-dealkylation sites (N-methyl/N-ethyl adjacent to an activating group) is 3. The van der Waals surface area contributed by atoms with E-state index in [1.807, 2.05) is 19.0 Å². The molecule has 1 aliphatic carbocycles. The Morgan fingerprint density at radius 3 is 2.56 bits per heavy atom. The first-order valence-corrected chi connectivity index (χ1v) is 7.29. The maximum Gasteiger partial charge on any atom is 0.239 e. The van der Waals surface area contributed by atoms with E-state index in [4.69, 9.17) is 0 Å². The molecule has 0 spiro atoms. The molecule has 1 saturated carbocycles. The van der Waals surface area contributed by atoms with E-state index in [9.17, 15) is 4.79 Å². The number of hydrogen-bond donors (Lipinski definition) is 1. The lowest BCUT2D eigenvalue weighted by atomic mass is 9.89. The van der Waals surface area contributed by atoms with Gasteiger partial charge in [0.15, 0.2) is 0 Å². The highest BCUT2D eigenvalue weighted by Crippen LogP contribution is 2.25. The third-order valence-electron chi connectivity index (χ3n) is 4.75. The molecule has 1 heterocycles. The fourth-order valence-corrected chi connectivity index (χ4v) is 3.53. The minimum Gasteiger partial charge on any atom is -0.340 e. The van der Waals surface area contributed by atoms with Crippen molar-refractivity contribution in [1.29, 1.82) is 0 Å². The first-order chi connectivity index (χ1) is 8.65. The van der Waals surface area contributed by atoms with Crippen molar-refractivity contribution >= 4 is 5.91 Å². The largest absolute Gasteiger partial charge is 0.340 e. The maximum absolute atomic E-state index is 12.6. The predicted molar refractivity (Wildman–Crippen MR) is 73.5 cm³/mol. The Morgan fingerprint density at radius 2 is 1.94 bits per heavy atom. The van der Waals surface area contributed by atoms with Crippen molar-refractivity contribution < 1.29 is 4.79 Å². The molecule has 3 atom stereocenters. The monoisotopic (exact) mass is 253 g/mol.